The first-order chi connectivity index (χ1) is 4.95. The second kappa shape index (κ2) is 6.20. The zero-order chi connectivity index (χ0) is 9.49. The molecule has 0 aliphatic carbocycles. The van der Waals surface area contributed by atoms with E-state index >= 15 is 0 Å². The maximum Gasteiger partial charge on any atom is 0.220 e. The first kappa shape index (κ1) is 13.1. The van der Waals surface area contributed by atoms with Crippen molar-refractivity contribution in [3.8, 4) is 0 Å². The SMILES string of the molecule is CC.CCC(=O)NC(C)(C)C. The van der Waals surface area contributed by atoms with Gasteiger partial charge in [0.25, 0.3) is 0 Å². The normalized spacial score (nSPS) is 9.64. The molecule has 0 aromatic heterocycles. The first-order valence-electron chi connectivity index (χ1n) is 4.26. The van der Waals surface area contributed by atoms with E-state index in [4.69, 9.17) is 0 Å². The minimum Gasteiger partial charge on any atom is -0.352 e. The van der Waals surface area contributed by atoms with Crippen LogP contribution in [0.3, 0.4) is 0 Å². The number of rotatable bonds is 1. The molecule has 0 unspecified atom stereocenters. The molecule has 0 aromatic rings. The average molecular weight is 159 g/mol. The Morgan fingerprint density at radius 1 is 1.27 bits per heavy atom. The fourth-order valence-corrected chi connectivity index (χ4v) is 0.507. The minimum absolute atomic E-state index is 0.0763. The number of nitrogens with one attached hydrogen (secondary N) is 1. The van der Waals surface area contributed by atoms with Gasteiger partial charge in [0.05, 0.1) is 0 Å². The molecule has 1 N–H and O–H groups in total. The van der Waals surface area contributed by atoms with E-state index in [1.165, 1.54) is 0 Å². The zero-order valence-corrected chi connectivity index (χ0v) is 8.62. The molecule has 0 saturated carbocycles. The molecule has 0 rings (SSSR count). The van der Waals surface area contributed by atoms with Crippen molar-refractivity contribution in [2.24, 2.45) is 0 Å². The predicted octanol–water partition coefficient (Wildman–Crippen LogP) is 2.34. The summed E-state index contributed by atoms with van der Waals surface area (Å²) in [6.07, 6.45) is 0.567. The topological polar surface area (TPSA) is 29.1 Å². The van der Waals surface area contributed by atoms with Crippen LogP contribution in [-0.2, 0) is 4.79 Å². The highest BCUT2D eigenvalue weighted by Crippen LogP contribution is 1.98. The number of carbonyl (C=O) groups is 1. The van der Waals surface area contributed by atoms with Crippen molar-refractivity contribution in [1.82, 2.24) is 5.32 Å². The zero-order valence-electron chi connectivity index (χ0n) is 8.62. The molecule has 0 spiro atoms. The largest absolute Gasteiger partial charge is 0.352 e. The van der Waals surface area contributed by atoms with Crippen LogP contribution < -0.4 is 5.32 Å². The highest BCUT2D eigenvalue weighted by Gasteiger charge is 2.10. The lowest BCUT2D eigenvalue weighted by molar-refractivity contribution is -0.122. The third-order valence-electron chi connectivity index (χ3n) is 0.836. The molecule has 0 aliphatic heterocycles. The van der Waals surface area contributed by atoms with Gasteiger partial charge in [-0.15, -0.1) is 0 Å². The Labute approximate surface area is 70.4 Å². The van der Waals surface area contributed by atoms with E-state index in [1.54, 1.807) is 0 Å². The van der Waals surface area contributed by atoms with Gasteiger partial charge < -0.3 is 5.32 Å². The quantitative estimate of drug-likeness (QED) is 0.625. The number of amides is 1. The molecule has 11 heavy (non-hydrogen) atoms. The number of hydrogen-bond donors (Lipinski definition) is 1. The van der Waals surface area contributed by atoms with E-state index in [2.05, 4.69) is 5.32 Å². The van der Waals surface area contributed by atoms with Gasteiger partial charge in [0, 0.05) is 12.0 Å². The molecule has 0 aromatic carbocycles. The van der Waals surface area contributed by atoms with Crippen molar-refractivity contribution in [3.05, 3.63) is 0 Å². The Bertz CT molecular complexity index is 103. The Hall–Kier alpha value is -0.530. The molecule has 0 atom stereocenters. The molecular weight excluding hydrogens is 138 g/mol. The number of carbonyl (C=O) groups excluding carboxylic acids is 1. The number of hydrogen-bond acceptors (Lipinski definition) is 1. The Morgan fingerprint density at radius 2 is 1.64 bits per heavy atom. The molecule has 1 amide bonds. The highest BCUT2D eigenvalue weighted by atomic mass is 16.1. The van der Waals surface area contributed by atoms with Gasteiger partial charge >= 0.3 is 0 Å². The lowest BCUT2D eigenvalue weighted by Crippen LogP contribution is -2.40. The van der Waals surface area contributed by atoms with Gasteiger partial charge in [0.1, 0.15) is 0 Å². The summed E-state index contributed by atoms with van der Waals surface area (Å²) < 4.78 is 0. The van der Waals surface area contributed by atoms with Crippen LogP contribution >= 0.6 is 0 Å². The van der Waals surface area contributed by atoms with E-state index in [0.717, 1.165) is 0 Å². The van der Waals surface area contributed by atoms with E-state index < -0.39 is 0 Å². The van der Waals surface area contributed by atoms with Gasteiger partial charge in [0.15, 0.2) is 0 Å². The molecule has 0 fully saturated rings. The maximum absolute atomic E-state index is 10.7. The summed E-state index contributed by atoms with van der Waals surface area (Å²) in [7, 11) is 0. The van der Waals surface area contributed by atoms with Gasteiger partial charge in [-0.3, -0.25) is 4.79 Å². The fraction of sp³-hybridized carbons (Fsp3) is 0.889. The van der Waals surface area contributed by atoms with Crippen LogP contribution in [0.1, 0.15) is 48.0 Å². The van der Waals surface area contributed by atoms with E-state index in [1.807, 2.05) is 41.5 Å². The van der Waals surface area contributed by atoms with Crippen LogP contribution in [0.4, 0.5) is 0 Å². The third kappa shape index (κ3) is 12.6. The van der Waals surface area contributed by atoms with Crippen LogP contribution in [0, 0.1) is 0 Å². The first-order valence-corrected chi connectivity index (χ1v) is 4.26. The molecule has 2 nitrogen and oxygen atoms in total. The Morgan fingerprint density at radius 3 is 1.73 bits per heavy atom. The fourth-order valence-electron chi connectivity index (χ4n) is 0.507. The van der Waals surface area contributed by atoms with Crippen molar-refractivity contribution in [2.75, 3.05) is 0 Å². The van der Waals surface area contributed by atoms with E-state index in [9.17, 15) is 4.79 Å². The maximum atomic E-state index is 10.7. The lowest BCUT2D eigenvalue weighted by Gasteiger charge is -2.19. The standard InChI is InChI=1S/C7H15NO.C2H6/c1-5-6(9)8-7(2,3)4;1-2/h5H2,1-4H3,(H,8,9);1-2H3. The van der Waals surface area contributed by atoms with Gasteiger partial charge in [-0.05, 0) is 20.8 Å². The smallest absolute Gasteiger partial charge is 0.220 e. The molecule has 0 bridgehead atoms. The van der Waals surface area contributed by atoms with Gasteiger partial charge in [-0.25, -0.2) is 0 Å². The van der Waals surface area contributed by atoms with Crippen molar-refractivity contribution in [1.29, 1.82) is 0 Å². The Balaban J connectivity index is 0. The van der Waals surface area contributed by atoms with Crippen LogP contribution in [0.2, 0.25) is 0 Å². The molecule has 0 aliphatic rings. The van der Waals surface area contributed by atoms with E-state index in [-0.39, 0.29) is 11.4 Å². The summed E-state index contributed by atoms with van der Waals surface area (Å²) in [5.74, 6) is 0.113. The minimum atomic E-state index is -0.0763. The highest BCUT2D eigenvalue weighted by molar-refractivity contribution is 5.76. The second-order valence-corrected chi connectivity index (χ2v) is 3.15. The summed E-state index contributed by atoms with van der Waals surface area (Å²) in [4.78, 5) is 10.7. The summed E-state index contributed by atoms with van der Waals surface area (Å²) in [6.45, 7) is 11.8. The van der Waals surface area contributed by atoms with Crippen molar-refractivity contribution < 1.29 is 4.79 Å². The van der Waals surface area contributed by atoms with E-state index in [0.29, 0.717) is 6.42 Å². The van der Waals surface area contributed by atoms with Crippen LogP contribution in [0.25, 0.3) is 0 Å². The van der Waals surface area contributed by atoms with Crippen molar-refractivity contribution in [3.63, 3.8) is 0 Å². The lowest BCUT2D eigenvalue weighted by atomic mass is 10.1. The molecule has 2 heteroatoms. The summed E-state index contributed by atoms with van der Waals surface area (Å²) in [5.41, 5.74) is -0.0763. The summed E-state index contributed by atoms with van der Waals surface area (Å²) in [5, 5.41) is 2.83. The Kier molecular flexibility index (Phi) is 7.37. The summed E-state index contributed by atoms with van der Waals surface area (Å²) >= 11 is 0. The monoisotopic (exact) mass is 159 g/mol. The van der Waals surface area contributed by atoms with Gasteiger partial charge in [-0.2, -0.15) is 0 Å². The molecule has 0 radical (unpaired) electrons. The average Bonchev–Trinajstić information content (AvgIpc) is 1.89. The van der Waals surface area contributed by atoms with Crippen molar-refractivity contribution >= 4 is 5.91 Å². The van der Waals surface area contributed by atoms with Crippen LogP contribution in [-0.4, -0.2) is 11.4 Å². The molecule has 0 heterocycles. The van der Waals surface area contributed by atoms with Crippen molar-refractivity contribution in [2.45, 2.75) is 53.5 Å². The van der Waals surface area contributed by atoms with Gasteiger partial charge in [0.2, 0.25) is 5.91 Å². The second-order valence-electron chi connectivity index (χ2n) is 3.15. The predicted molar refractivity (Wildman–Crippen MR) is 49.5 cm³/mol. The molecule has 68 valence electrons. The summed E-state index contributed by atoms with van der Waals surface area (Å²) in [6, 6.07) is 0. The molecular formula is C9H21NO. The van der Waals surface area contributed by atoms with Crippen LogP contribution in [0.15, 0.2) is 0 Å². The third-order valence-corrected chi connectivity index (χ3v) is 0.836. The van der Waals surface area contributed by atoms with Gasteiger partial charge in [-0.1, -0.05) is 20.8 Å². The van der Waals surface area contributed by atoms with Crippen LogP contribution in [0.5, 0.6) is 0 Å². The molecule has 0 saturated heterocycles.